The Morgan fingerprint density at radius 2 is 1.80 bits per heavy atom. The molecule has 2 aromatic carbocycles. The number of rotatable bonds is 5. The Labute approximate surface area is 238 Å². The van der Waals surface area contributed by atoms with Crippen molar-refractivity contribution in [3.8, 4) is 11.5 Å². The van der Waals surface area contributed by atoms with Crippen LogP contribution in [0.5, 0.6) is 11.5 Å². The summed E-state index contributed by atoms with van der Waals surface area (Å²) in [5.74, 6) is -2.21. The number of carbonyl (C=O) groups excluding carboxylic acids is 3. The maximum Gasteiger partial charge on any atom is 0.308 e. The lowest BCUT2D eigenvalue weighted by Gasteiger charge is -2.31. The van der Waals surface area contributed by atoms with Gasteiger partial charge in [-0.3, -0.25) is 23.7 Å². The zero-order valence-electron chi connectivity index (χ0n) is 21.9. The largest absolute Gasteiger partial charge is 0.504 e. The molecule has 10 nitrogen and oxygen atoms in total. The molecule has 0 bridgehead atoms. The average molecular weight is 582 g/mol. The minimum Gasteiger partial charge on any atom is -0.504 e. The van der Waals surface area contributed by atoms with Crippen LogP contribution in [0.25, 0.3) is 0 Å². The highest BCUT2D eigenvalue weighted by molar-refractivity contribution is 8.00. The number of carbonyl (C=O) groups is 3. The number of hydrogen-bond acceptors (Lipinski definition) is 9. The van der Waals surface area contributed by atoms with Crippen molar-refractivity contribution in [1.29, 1.82) is 0 Å². The Kier molecular flexibility index (Phi) is 6.93. The highest BCUT2D eigenvalue weighted by Crippen LogP contribution is 2.54. The van der Waals surface area contributed by atoms with Gasteiger partial charge in [0.1, 0.15) is 11.8 Å². The van der Waals surface area contributed by atoms with Gasteiger partial charge in [-0.2, -0.15) is 0 Å². The van der Waals surface area contributed by atoms with Gasteiger partial charge in [-0.15, -0.1) is 0 Å². The smallest absolute Gasteiger partial charge is 0.308 e. The number of thiazole rings is 1. The Bertz CT molecular complexity index is 1560. The molecule has 3 aromatic rings. The zero-order valence-corrected chi connectivity index (χ0v) is 23.5. The number of aryl methyl sites for hydroxylation is 1. The van der Waals surface area contributed by atoms with Crippen LogP contribution in [0.2, 0.25) is 0 Å². The molecule has 6 rings (SSSR count). The quantitative estimate of drug-likeness (QED) is 0.457. The first-order valence-corrected chi connectivity index (χ1v) is 14.5. The second-order valence-electron chi connectivity index (χ2n) is 9.94. The van der Waals surface area contributed by atoms with Crippen LogP contribution >= 0.6 is 23.1 Å². The number of anilines is 1. The topological polar surface area (TPSA) is 118 Å². The first-order valence-electron chi connectivity index (χ1n) is 12.9. The summed E-state index contributed by atoms with van der Waals surface area (Å²) in [6.07, 6.45) is 0. The van der Waals surface area contributed by atoms with Gasteiger partial charge < -0.3 is 19.5 Å². The van der Waals surface area contributed by atoms with E-state index in [1.54, 1.807) is 29.2 Å². The number of aromatic nitrogens is 1. The van der Waals surface area contributed by atoms with E-state index in [0.717, 1.165) is 16.9 Å². The molecule has 40 heavy (non-hydrogen) atoms. The minimum absolute atomic E-state index is 0.0646. The third kappa shape index (κ3) is 4.40. The SMILES string of the molecule is COc1cc([C@@H]2c3sc(=O)n(CC(=O)N4CCOCC4)c3S[C@@H]3C(=O)N(c4ccc(C)cc4)C(=O)[C@H]23)ccc1O. The number of methoxy groups -OCH3 is 1. The van der Waals surface area contributed by atoms with E-state index in [4.69, 9.17) is 9.47 Å². The molecule has 0 radical (unpaired) electrons. The summed E-state index contributed by atoms with van der Waals surface area (Å²) in [5.41, 5.74) is 2.12. The van der Waals surface area contributed by atoms with Gasteiger partial charge in [-0.25, -0.2) is 4.90 Å². The summed E-state index contributed by atoms with van der Waals surface area (Å²) in [6, 6.07) is 12.0. The van der Waals surface area contributed by atoms with Gasteiger partial charge in [0, 0.05) is 23.9 Å². The molecule has 3 aliphatic heterocycles. The third-order valence-electron chi connectivity index (χ3n) is 7.56. The predicted octanol–water partition coefficient (Wildman–Crippen LogP) is 2.59. The number of amides is 3. The number of nitrogens with zero attached hydrogens (tertiary/aromatic N) is 3. The van der Waals surface area contributed by atoms with Gasteiger partial charge in [0.2, 0.25) is 17.7 Å². The van der Waals surface area contributed by atoms with Gasteiger partial charge >= 0.3 is 4.87 Å². The standard InChI is InChI=1S/C28H27N3O7S2/c1-15-3-6-17(7-4-15)31-25(34)22-21(16-5-8-18(32)19(13-16)37-2)24-27(39-23(22)26(31)35)30(28(36)40-24)14-20(33)29-9-11-38-12-10-29/h3-8,13,21-23,32H,9-12,14H2,1-2H3/t21-,22+,23-/m0/s1. The summed E-state index contributed by atoms with van der Waals surface area (Å²) >= 11 is 2.16. The molecule has 0 unspecified atom stereocenters. The van der Waals surface area contributed by atoms with Gasteiger partial charge in [-0.1, -0.05) is 46.9 Å². The fourth-order valence-electron chi connectivity index (χ4n) is 5.50. The number of morpholine rings is 1. The van der Waals surface area contributed by atoms with Crippen LogP contribution < -0.4 is 14.5 Å². The molecule has 3 aliphatic rings. The number of aromatic hydroxyl groups is 1. The van der Waals surface area contributed by atoms with Crippen LogP contribution in [0.3, 0.4) is 0 Å². The highest BCUT2D eigenvalue weighted by Gasteiger charge is 2.57. The van der Waals surface area contributed by atoms with Crippen molar-refractivity contribution in [2.45, 2.75) is 29.7 Å². The van der Waals surface area contributed by atoms with Crippen LogP contribution in [0.4, 0.5) is 5.69 Å². The lowest BCUT2D eigenvalue weighted by Crippen LogP contribution is -2.43. The van der Waals surface area contributed by atoms with Gasteiger partial charge in [0.25, 0.3) is 0 Å². The van der Waals surface area contributed by atoms with Gasteiger partial charge in [0.15, 0.2) is 11.5 Å². The summed E-state index contributed by atoms with van der Waals surface area (Å²) in [6.45, 7) is 3.55. The van der Waals surface area contributed by atoms with E-state index in [-0.39, 0.29) is 40.6 Å². The number of thioether (sulfide) groups is 1. The molecule has 0 spiro atoms. The fraction of sp³-hybridized carbons (Fsp3) is 0.357. The van der Waals surface area contributed by atoms with Crippen molar-refractivity contribution in [2.75, 3.05) is 38.3 Å². The van der Waals surface area contributed by atoms with Crippen LogP contribution in [-0.2, 0) is 25.7 Å². The Hall–Kier alpha value is -3.61. The normalized spacial score (nSPS) is 22.3. The van der Waals surface area contributed by atoms with Crippen molar-refractivity contribution in [2.24, 2.45) is 5.92 Å². The maximum atomic E-state index is 14.0. The third-order valence-corrected chi connectivity index (χ3v) is 10.2. The monoisotopic (exact) mass is 581 g/mol. The van der Waals surface area contributed by atoms with E-state index in [2.05, 4.69) is 0 Å². The molecule has 0 saturated carbocycles. The van der Waals surface area contributed by atoms with Crippen molar-refractivity contribution in [3.05, 3.63) is 68.1 Å². The van der Waals surface area contributed by atoms with Crippen molar-refractivity contribution in [1.82, 2.24) is 9.47 Å². The van der Waals surface area contributed by atoms with E-state index < -0.39 is 17.1 Å². The molecular weight excluding hydrogens is 554 g/mol. The highest BCUT2D eigenvalue weighted by atomic mass is 32.2. The first kappa shape index (κ1) is 26.6. The minimum atomic E-state index is -0.801. The number of benzene rings is 2. The predicted molar refractivity (Wildman–Crippen MR) is 149 cm³/mol. The van der Waals surface area contributed by atoms with Crippen LogP contribution in [0.15, 0.2) is 52.3 Å². The second kappa shape index (κ2) is 10.4. The van der Waals surface area contributed by atoms with E-state index in [1.807, 2.05) is 19.1 Å². The summed E-state index contributed by atoms with van der Waals surface area (Å²) < 4.78 is 12.1. The summed E-state index contributed by atoms with van der Waals surface area (Å²) in [5, 5.41) is 9.95. The summed E-state index contributed by atoms with van der Waals surface area (Å²) in [7, 11) is 1.43. The lowest BCUT2D eigenvalue weighted by molar-refractivity contribution is -0.136. The Morgan fingerprint density at radius 1 is 1.07 bits per heavy atom. The van der Waals surface area contributed by atoms with Crippen molar-refractivity contribution < 1.29 is 29.0 Å². The van der Waals surface area contributed by atoms with E-state index >= 15 is 0 Å². The number of hydrogen-bond donors (Lipinski definition) is 1. The van der Waals surface area contributed by atoms with Crippen LogP contribution in [-0.4, -0.2) is 71.0 Å². The van der Waals surface area contributed by atoms with Crippen LogP contribution in [0, 0.1) is 12.8 Å². The maximum absolute atomic E-state index is 14.0. The van der Waals surface area contributed by atoms with Gasteiger partial charge in [-0.05, 0) is 36.8 Å². The summed E-state index contributed by atoms with van der Waals surface area (Å²) in [4.78, 5) is 57.4. The Balaban J connectivity index is 1.46. The fourth-order valence-corrected chi connectivity index (χ4v) is 8.27. The first-order chi connectivity index (χ1) is 19.3. The van der Waals surface area contributed by atoms with Crippen molar-refractivity contribution >= 4 is 46.5 Å². The van der Waals surface area contributed by atoms with Crippen LogP contribution in [0.1, 0.15) is 21.9 Å². The lowest BCUT2D eigenvalue weighted by atomic mass is 9.83. The number of phenols is 1. The molecule has 1 N–H and O–H groups in total. The zero-order chi connectivity index (χ0) is 28.1. The Morgan fingerprint density at radius 3 is 2.50 bits per heavy atom. The van der Waals surface area contributed by atoms with Crippen molar-refractivity contribution in [3.63, 3.8) is 0 Å². The molecule has 3 atom stereocenters. The molecular formula is C28H27N3O7S2. The van der Waals surface area contributed by atoms with E-state index in [1.165, 1.54) is 34.4 Å². The molecule has 0 aliphatic carbocycles. The number of phenolic OH excluding ortho intramolecular Hbond substituents is 1. The van der Waals surface area contributed by atoms with E-state index in [9.17, 15) is 24.3 Å². The number of fused-ring (bicyclic) bond motifs is 2. The molecule has 4 heterocycles. The second-order valence-corrected chi connectivity index (χ2v) is 12.1. The molecule has 2 saturated heterocycles. The van der Waals surface area contributed by atoms with Gasteiger partial charge in [0.05, 0.1) is 37.0 Å². The molecule has 12 heteroatoms. The molecule has 3 amide bonds. The average Bonchev–Trinajstić information content (AvgIpc) is 3.40. The number of ether oxygens (including phenoxy) is 2. The molecule has 2 fully saturated rings. The molecule has 208 valence electrons. The molecule has 1 aromatic heterocycles. The number of imide groups is 1. The van der Waals surface area contributed by atoms with E-state index in [0.29, 0.717) is 47.5 Å².